The van der Waals surface area contributed by atoms with Crippen molar-refractivity contribution in [2.45, 2.75) is 44.6 Å². The van der Waals surface area contributed by atoms with Gasteiger partial charge in [0.05, 0.1) is 11.5 Å². The standard InChI is InChI=1S/C15H22FNO3S/c1-3-15(2)6-8-17(9-7-15)21(19,20)13-4-5-14(16)12(10-13)11-18/h4-5,10,18H,3,6-9,11H2,1-2H3. The minimum Gasteiger partial charge on any atom is -0.392 e. The molecule has 0 aliphatic carbocycles. The molecule has 1 fully saturated rings. The summed E-state index contributed by atoms with van der Waals surface area (Å²) in [7, 11) is -3.61. The van der Waals surface area contributed by atoms with Crippen LogP contribution in [0.3, 0.4) is 0 Å². The van der Waals surface area contributed by atoms with Crippen LogP contribution >= 0.6 is 0 Å². The lowest BCUT2D eigenvalue weighted by Crippen LogP contribution is -2.41. The molecule has 6 heteroatoms. The van der Waals surface area contributed by atoms with Crippen LogP contribution < -0.4 is 0 Å². The Morgan fingerprint density at radius 2 is 1.95 bits per heavy atom. The van der Waals surface area contributed by atoms with E-state index in [0.29, 0.717) is 13.1 Å². The van der Waals surface area contributed by atoms with Crippen molar-refractivity contribution in [3.63, 3.8) is 0 Å². The van der Waals surface area contributed by atoms with Crippen LogP contribution in [0.5, 0.6) is 0 Å². The molecule has 0 radical (unpaired) electrons. The number of benzene rings is 1. The van der Waals surface area contributed by atoms with E-state index in [-0.39, 0.29) is 15.9 Å². The summed E-state index contributed by atoms with van der Waals surface area (Å²) < 4.78 is 40.0. The Morgan fingerprint density at radius 1 is 1.33 bits per heavy atom. The summed E-state index contributed by atoms with van der Waals surface area (Å²) in [4.78, 5) is 0.0491. The molecule has 1 aliphatic heterocycles. The van der Waals surface area contributed by atoms with Crippen LogP contribution in [0.25, 0.3) is 0 Å². The molecule has 0 atom stereocenters. The average molecular weight is 315 g/mol. The molecular weight excluding hydrogens is 293 g/mol. The molecule has 0 spiro atoms. The topological polar surface area (TPSA) is 57.6 Å². The van der Waals surface area contributed by atoms with E-state index in [0.717, 1.165) is 25.3 Å². The van der Waals surface area contributed by atoms with Crippen LogP contribution in [0.2, 0.25) is 0 Å². The van der Waals surface area contributed by atoms with Crippen LogP contribution in [0.1, 0.15) is 38.7 Å². The first-order valence-electron chi connectivity index (χ1n) is 7.22. The fourth-order valence-electron chi connectivity index (χ4n) is 2.60. The average Bonchev–Trinajstić information content (AvgIpc) is 2.48. The van der Waals surface area contributed by atoms with E-state index in [2.05, 4.69) is 13.8 Å². The van der Waals surface area contributed by atoms with Crippen molar-refractivity contribution in [1.29, 1.82) is 0 Å². The predicted molar refractivity (Wildman–Crippen MR) is 78.7 cm³/mol. The highest BCUT2D eigenvalue weighted by atomic mass is 32.2. The lowest BCUT2D eigenvalue weighted by Gasteiger charge is -2.38. The van der Waals surface area contributed by atoms with Crippen molar-refractivity contribution in [3.8, 4) is 0 Å². The van der Waals surface area contributed by atoms with Gasteiger partial charge in [0, 0.05) is 18.7 Å². The van der Waals surface area contributed by atoms with Gasteiger partial charge in [0.2, 0.25) is 10.0 Å². The van der Waals surface area contributed by atoms with Gasteiger partial charge in [-0.2, -0.15) is 4.31 Å². The summed E-state index contributed by atoms with van der Waals surface area (Å²) in [5.74, 6) is -0.589. The van der Waals surface area contributed by atoms with Gasteiger partial charge in [-0.15, -0.1) is 0 Å². The number of hydrogen-bond acceptors (Lipinski definition) is 3. The van der Waals surface area contributed by atoms with E-state index in [1.807, 2.05) is 0 Å². The number of halogens is 1. The van der Waals surface area contributed by atoms with E-state index >= 15 is 0 Å². The second-order valence-corrected chi connectivity index (χ2v) is 7.92. The summed E-state index contributed by atoms with van der Waals surface area (Å²) in [6, 6.07) is 3.58. The summed E-state index contributed by atoms with van der Waals surface area (Å²) in [5.41, 5.74) is 0.205. The van der Waals surface area contributed by atoms with Gasteiger partial charge in [-0.3, -0.25) is 0 Å². The van der Waals surface area contributed by atoms with Crippen molar-refractivity contribution < 1.29 is 17.9 Å². The first-order valence-corrected chi connectivity index (χ1v) is 8.66. The van der Waals surface area contributed by atoms with Crippen LogP contribution in [-0.2, 0) is 16.6 Å². The highest BCUT2D eigenvalue weighted by Gasteiger charge is 2.34. The Hall–Kier alpha value is -0.980. The summed E-state index contributed by atoms with van der Waals surface area (Å²) in [6.45, 7) is 4.76. The lowest BCUT2D eigenvalue weighted by molar-refractivity contribution is 0.169. The van der Waals surface area contributed by atoms with Gasteiger partial charge in [-0.1, -0.05) is 20.3 Å². The van der Waals surface area contributed by atoms with Gasteiger partial charge in [-0.05, 0) is 36.5 Å². The van der Waals surface area contributed by atoms with Crippen LogP contribution in [-0.4, -0.2) is 30.9 Å². The molecule has 1 heterocycles. The summed E-state index contributed by atoms with van der Waals surface area (Å²) in [5, 5.41) is 9.07. The van der Waals surface area contributed by atoms with Gasteiger partial charge in [0.15, 0.2) is 0 Å². The van der Waals surface area contributed by atoms with E-state index in [1.54, 1.807) is 0 Å². The summed E-state index contributed by atoms with van der Waals surface area (Å²) in [6.07, 6.45) is 2.69. The van der Waals surface area contributed by atoms with Gasteiger partial charge in [0.25, 0.3) is 0 Å². The molecule has 1 N–H and O–H groups in total. The van der Waals surface area contributed by atoms with Crippen molar-refractivity contribution in [3.05, 3.63) is 29.6 Å². The number of aliphatic hydroxyl groups is 1. The Balaban J connectivity index is 2.23. The maximum atomic E-state index is 13.4. The van der Waals surface area contributed by atoms with Crippen LogP contribution in [0.15, 0.2) is 23.1 Å². The molecule has 0 saturated carbocycles. The van der Waals surface area contributed by atoms with Crippen molar-refractivity contribution in [1.82, 2.24) is 4.31 Å². The van der Waals surface area contributed by atoms with Crippen molar-refractivity contribution in [2.24, 2.45) is 5.41 Å². The van der Waals surface area contributed by atoms with Gasteiger partial charge in [-0.25, -0.2) is 12.8 Å². The SMILES string of the molecule is CCC1(C)CCN(S(=O)(=O)c2ccc(F)c(CO)c2)CC1. The zero-order valence-electron chi connectivity index (χ0n) is 12.5. The Morgan fingerprint density at radius 3 is 2.48 bits per heavy atom. The maximum absolute atomic E-state index is 13.4. The van der Waals surface area contributed by atoms with Crippen molar-refractivity contribution in [2.75, 3.05) is 13.1 Å². The quantitative estimate of drug-likeness (QED) is 0.929. The van der Waals surface area contributed by atoms with E-state index in [1.165, 1.54) is 16.4 Å². The molecule has 0 unspecified atom stereocenters. The van der Waals surface area contributed by atoms with Gasteiger partial charge >= 0.3 is 0 Å². The fourth-order valence-corrected chi connectivity index (χ4v) is 4.09. The van der Waals surface area contributed by atoms with E-state index < -0.39 is 22.4 Å². The van der Waals surface area contributed by atoms with E-state index in [4.69, 9.17) is 5.11 Å². The molecule has 21 heavy (non-hydrogen) atoms. The Labute approximate surface area is 125 Å². The normalized spacial score (nSPS) is 19.6. The second-order valence-electron chi connectivity index (χ2n) is 5.98. The number of rotatable bonds is 4. The maximum Gasteiger partial charge on any atom is 0.243 e. The first-order chi connectivity index (χ1) is 9.82. The molecule has 0 bridgehead atoms. The number of hydrogen-bond donors (Lipinski definition) is 1. The highest BCUT2D eigenvalue weighted by Crippen LogP contribution is 2.35. The zero-order valence-corrected chi connectivity index (χ0v) is 13.3. The third-order valence-corrected chi connectivity index (χ3v) is 6.50. The minimum absolute atomic E-state index is 0.00600. The Kier molecular flexibility index (Phi) is 4.70. The third kappa shape index (κ3) is 3.27. The number of piperidine rings is 1. The lowest BCUT2D eigenvalue weighted by atomic mass is 9.79. The Bertz CT molecular complexity index is 607. The zero-order chi connectivity index (χ0) is 15.7. The first kappa shape index (κ1) is 16.4. The second kappa shape index (κ2) is 6.02. The molecule has 1 aromatic carbocycles. The minimum atomic E-state index is -3.61. The van der Waals surface area contributed by atoms with Crippen LogP contribution in [0, 0.1) is 11.2 Å². The highest BCUT2D eigenvalue weighted by molar-refractivity contribution is 7.89. The number of aliphatic hydroxyl groups excluding tert-OH is 1. The van der Waals surface area contributed by atoms with Gasteiger partial charge in [0.1, 0.15) is 5.82 Å². The molecule has 0 aromatic heterocycles. The molecule has 1 saturated heterocycles. The van der Waals surface area contributed by atoms with Crippen molar-refractivity contribution >= 4 is 10.0 Å². The molecular formula is C15H22FNO3S. The third-order valence-electron chi connectivity index (χ3n) is 4.61. The van der Waals surface area contributed by atoms with Crippen LogP contribution in [0.4, 0.5) is 4.39 Å². The molecule has 118 valence electrons. The smallest absolute Gasteiger partial charge is 0.243 e. The molecule has 1 aliphatic rings. The number of nitrogens with zero attached hydrogens (tertiary/aromatic N) is 1. The monoisotopic (exact) mass is 315 g/mol. The fraction of sp³-hybridized carbons (Fsp3) is 0.600. The molecule has 0 amide bonds. The molecule has 2 rings (SSSR count). The molecule has 4 nitrogen and oxygen atoms in total. The largest absolute Gasteiger partial charge is 0.392 e. The predicted octanol–water partition coefficient (Wildman–Crippen LogP) is 2.52. The summed E-state index contributed by atoms with van der Waals surface area (Å²) >= 11 is 0. The number of sulfonamides is 1. The molecule has 1 aromatic rings. The van der Waals surface area contributed by atoms with Gasteiger partial charge < -0.3 is 5.11 Å². The van der Waals surface area contributed by atoms with E-state index in [9.17, 15) is 12.8 Å².